The van der Waals surface area contributed by atoms with Crippen LogP contribution in [0.15, 0.2) is 59.4 Å². The molecule has 0 saturated heterocycles. The molecule has 1 amide bonds. The average Bonchev–Trinajstić information content (AvgIpc) is 2.86. The fraction of sp³-hybridized carbons (Fsp3) is 0.414. The molecule has 38 heavy (non-hydrogen) atoms. The molecule has 2 heterocycles. The summed E-state index contributed by atoms with van der Waals surface area (Å²) in [5.74, 6) is 0.750. The van der Waals surface area contributed by atoms with Crippen molar-refractivity contribution in [2.75, 3.05) is 13.1 Å². The number of fused-ring (bicyclic) bond motifs is 2. The van der Waals surface area contributed by atoms with E-state index in [4.69, 9.17) is 9.72 Å². The van der Waals surface area contributed by atoms with Gasteiger partial charge in [0.05, 0.1) is 23.6 Å². The lowest BCUT2D eigenvalue weighted by Crippen LogP contribution is -2.37. The second-order valence-corrected chi connectivity index (χ2v) is 10.7. The third-order valence-corrected chi connectivity index (χ3v) is 6.01. The molecule has 9 nitrogen and oxygen atoms in total. The van der Waals surface area contributed by atoms with Gasteiger partial charge in [0.25, 0.3) is 5.56 Å². The SMILES string of the molecule is CC(C)C(NCCCNC(=O)OC(C)(C)C)c1nc2nc3ccccc3nc2c(=O)n1Cc1ccccc1. The van der Waals surface area contributed by atoms with Crippen LogP contribution in [0.1, 0.15) is 58.5 Å². The van der Waals surface area contributed by atoms with Gasteiger partial charge in [-0.1, -0.05) is 56.3 Å². The number of hydrogen-bond donors (Lipinski definition) is 2. The number of nitrogens with zero attached hydrogens (tertiary/aromatic N) is 4. The van der Waals surface area contributed by atoms with E-state index in [1.165, 1.54) is 0 Å². The summed E-state index contributed by atoms with van der Waals surface area (Å²) in [5.41, 5.74) is 2.19. The van der Waals surface area contributed by atoms with Crippen LogP contribution in [0.3, 0.4) is 0 Å². The maximum absolute atomic E-state index is 13.8. The number of carbonyl (C=O) groups excluding carboxylic acids is 1. The van der Waals surface area contributed by atoms with E-state index in [1.807, 2.05) is 75.4 Å². The highest BCUT2D eigenvalue weighted by Gasteiger charge is 2.24. The van der Waals surface area contributed by atoms with E-state index in [1.54, 1.807) is 4.57 Å². The quantitative estimate of drug-likeness (QED) is 0.247. The Balaban J connectivity index is 1.64. The van der Waals surface area contributed by atoms with Crippen LogP contribution in [0.25, 0.3) is 22.2 Å². The van der Waals surface area contributed by atoms with Crippen LogP contribution >= 0.6 is 0 Å². The van der Waals surface area contributed by atoms with E-state index in [9.17, 15) is 9.59 Å². The zero-order chi connectivity index (χ0) is 27.3. The molecule has 0 fully saturated rings. The first kappa shape index (κ1) is 27.2. The Morgan fingerprint density at radius 3 is 2.26 bits per heavy atom. The number of nitrogens with one attached hydrogen (secondary N) is 2. The molecule has 2 aromatic carbocycles. The molecule has 2 N–H and O–H groups in total. The van der Waals surface area contributed by atoms with Crippen LogP contribution in [-0.4, -0.2) is 44.3 Å². The maximum atomic E-state index is 13.8. The molecule has 0 aliphatic carbocycles. The summed E-state index contributed by atoms with van der Waals surface area (Å²) in [7, 11) is 0. The van der Waals surface area contributed by atoms with Gasteiger partial charge in [-0.25, -0.2) is 19.7 Å². The van der Waals surface area contributed by atoms with Gasteiger partial charge in [-0.15, -0.1) is 0 Å². The average molecular weight is 517 g/mol. The summed E-state index contributed by atoms with van der Waals surface area (Å²) in [6.45, 7) is 11.1. The fourth-order valence-corrected chi connectivity index (χ4v) is 4.24. The molecule has 0 spiro atoms. The van der Waals surface area contributed by atoms with Gasteiger partial charge in [0, 0.05) is 6.54 Å². The van der Waals surface area contributed by atoms with Crippen molar-refractivity contribution in [3.8, 4) is 0 Å². The predicted octanol–water partition coefficient (Wildman–Crippen LogP) is 4.59. The molecular weight excluding hydrogens is 480 g/mol. The molecule has 1 atom stereocenters. The van der Waals surface area contributed by atoms with Gasteiger partial charge in [0.15, 0.2) is 11.2 Å². The zero-order valence-corrected chi connectivity index (χ0v) is 22.7. The number of ether oxygens (including phenoxy) is 1. The molecule has 0 aliphatic rings. The summed E-state index contributed by atoms with van der Waals surface area (Å²) in [4.78, 5) is 40.0. The lowest BCUT2D eigenvalue weighted by molar-refractivity contribution is 0.0527. The summed E-state index contributed by atoms with van der Waals surface area (Å²) >= 11 is 0. The Morgan fingerprint density at radius 1 is 0.947 bits per heavy atom. The van der Waals surface area contributed by atoms with Gasteiger partial charge < -0.3 is 15.4 Å². The Labute approximate surface area is 222 Å². The highest BCUT2D eigenvalue weighted by Crippen LogP contribution is 2.22. The normalized spacial score (nSPS) is 12.7. The predicted molar refractivity (Wildman–Crippen MR) is 149 cm³/mol. The van der Waals surface area contributed by atoms with Gasteiger partial charge in [-0.05, 0) is 57.4 Å². The van der Waals surface area contributed by atoms with E-state index < -0.39 is 11.7 Å². The minimum absolute atomic E-state index is 0.133. The highest BCUT2D eigenvalue weighted by atomic mass is 16.6. The number of amides is 1. The Morgan fingerprint density at radius 2 is 1.61 bits per heavy atom. The number of para-hydroxylation sites is 2. The van der Waals surface area contributed by atoms with Crippen molar-refractivity contribution in [3.63, 3.8) is 0 Å². The lowest BCUT2D eigenvalue weighted by atomic mass is 10.0. The standard InChI is InChI=1S/C29H36N6O3/c1-19(2)23(30-16-11-17-31-28(37)38-29(3,4)5)26-34-25-24(32-21-14-9-10-15-22(21)33-25)27(36)35(26)18-20-12-7-6-8-13-20/h6-10,12-15,19,23,30H,11,16-18H2,1-5H3,(H,31,37). The first-order chi connectivity index (χ1) is 18.1. The maximum Gasteiger partial charge on any atom is 0.407 e. The fourth-order valence-electron chi connectivity index (χ4n) is 4.24. The topological polar surface area (TPSA) is 111 Å². The Kier molecular flexibility index (Phi) is 8.36. The smallest absolute Gasteiger partial charge is 0.407 e. The summed E-state index contributed by atoms with van der Waals surface area (Å²) in [5, 5.41) is 6.34. The third-order valence-electron chi connectivity index (χ3n) is 6.01. The van der Waals surface area contributed by atoms with Crippen LogP contribution in [0.5, 0.6) is 0 Å². The monoisotopic (exact) mass is 516 g/mol. The molecule has 200 valence electrons. The third kappa shape index (κ3) is 6.72. The number of benzene rings is 2. The van der Waals surface area contributed by atoms with Crippen LogP contribution in [-0.2, 0) is 11.3 Å². The molecule has 2 aromatic heterocycles. The van der Waals surface area contributed by atoms with Crippen LogP contribution < -0.4 is 16.2 Å². The van der Waals surface area contributed by atoms with Gasteiger partial charge >= 0.3 is 6.09 Å². The first-order valence-electron chi connectivity index (χ1n) is 13.0. The van der Waals surface area contributed by atoms with Gasteiger partial charge in [0.1, 0.15) is 11.4 Å². The molecular formula is C29H36N6O3. The van der Waals surface area contributed by atoms with Gasteiger partial charge in [-0.2, -0.15) is 0 Å². The molecule has 4 rings (SSSR count). The second kappa shape index (κ2) is 11.7. The minimum atomic E-state index is -0.538. The van der Waals surface area contributed by atoms with Crippen LogP contribution in [0.2, 0.25) is 0 Å². The van der Waals surface area contributed by atoms with Crippen LogP contribution in [0.4, 0.5) is 4.79 Å². The largest absolute Gasteiger partial charge is 0.444 e. The van der Waals surface area contributed by atoms with Crippen molar-refractivity contribution < 1.29 is 9.53 Å². The molecule has 0 aliphatic heterocycles. The van der Waals surface area contributed by atoms with Crippen molar-refractivity contribution >= 4 is 28.3 Å². The number of alkyl carbamates (subject to hydrolysis) is 1. The molecule has 0 radical (unpaired) electrons. The molecule has 0 saturated carbocycles. The lowest BCUT2D eigenvalue weighted by Gasteiger charge is -2.25. The molecule has 9 heteroatoms. The number of aromatic nitrogens is 4. The summed E-state index contributed by atoms with van der Waals surface area (Å²) < 4.78 is 7.00. The zero-order valence-electron chi connectivity index (χ0n) is 22.7. The highest BCUT2D eigenvalue weighted by molar-refractivity contribution is 5.83. The summed E-state index contributed by atoms with van der Waals surface area (Å²) in [6.07, 6.45) is 0.250. The molecule has 4 aromatic rings. The van der Waals surface area contributed by atoms with E-state index in [0.29, 0.717) is 48.6 Å². The molecule has 1 unspecified atom stereocenters. The van der Waals surface area contributed by atoms with Gasteiger partial charge in [-0.3, -0.25) is 9.36 Å². The van der Waals surface area contributed by atoms with Crippen molar-refractivity contribution in [1.29, 1.82) is 0 Å². The van der Waals surface area contributed by atoms with Crippen molar-refractivity contribution in [1.82, 2.24) is 30.2 Å². The number of carbonyl (C=O) groups is 1. The second-order valence-electron chi connectivity index (χ2n) is 10.7. The molecule has 0 bridgehead atoms. The first-order valence-corrected chi connectivity index (χ1v) is 13.0. The Bertz CT molecular complexity index is 1460. The van der Waals surface area contributed by atoms with E-state index >= 15 is 0 Å². The summed E-state index contributed by atoms with van der Waals surface area (Å²) in [6, 6.07) is 17.1. The Hall–Kier alpha value is -3.85. The van der Waals surface area contributed by atoms with Gasteiger partial charge in [0.2, 0.25) is 0 Å². The number of hydrogen-bond acceptors (Lipinski definition) is 7. The van der Waals surface area contributed by atoms with Crippen molar-refractivity contribution in [2.24, 2.45) is 5.92 Å². The van der Waals surface area contributed by atoms with E-state index in [2.05, 4.69) is 34.4 Å². The van der Waals surface area contributed by atoms with E-state index in [0.717, 1.165) is 5.56 Å². The number of rotatable bonds is 9. The van der Waals surface area contributed by atoms with E-state index in [-0.39, 0.29) is 23.0 Å². The minimum Gasteiger partial charge on any atom is -0.444 e. The van der Waals surface area contributed by atoms with Crippen molar-refractivity contribution in [3.05, 3.63) is 76.3 Å². The van der Waals surface area contributed by atoms with Crippen LogP contribution in [0, 0.1) is 5.92 Å². The van der Waals surface area contributed by atoms with Crippen molar-refractivity contribution in [2.45, 2.75) is 59.2 Å².